The molecule has 0 N–H and O–H groups in total. The van der Waals surface area contributed by atoms with Gasteiger partial charge in [0.15, 0.2) is 0 Å². The van der Waals surface area contributed by atoms with Crippen LogP contribution in [0.15, 0.2) is 267 Å². The van der Waals surface area contributed by atoms with Crippen molar-refractivity contribution in [3.05, 3.63) is 283 Å². The van der Waals surface area contributed by atoms with Crippen LogP contribution in [-0.4, -0.2) is 4.40 Å². The summed E-state index contributed by atoms with van der Waals surface area (Å²) in [7, 11) is 0. The molecule has 0 unspecified atom stereocenters. The summed E-state index contributed by atoms with van der Waals surface area (Å²) in [6.45, 7) is 11.0. The number of benzene rings is 13. The predicted octanol–water partition coefficient (Wildman–Crippen LogP) is 22.2. The first-order chi connectivity index (χ1) is 44.2. The third kappa shape index (κ3) is 7.43. The summed E-state index contributed by atoms with van der Waals surface area (Å²) in [5.41, 5.74) is 14.6. The van der Waals surface area contributed by atoms with E-state index in [0.717, 1.165) is 120 Å². The SMILES string of the molecule is [2H]c1c([2H])c([2H])c(N(c2ccc3c(c2)C(C)(C)c2ccc4cc5c(cc4c2-3)c2ccc(N(c3ccc4cc(-c6ccccc6)ccc4c3)c3c([2H])c([2H])c([2H])c([2H])c3[2H])c3c4cc(C(C)(C)C)ccc4n5c23)c2ccc3cc(-c4ccccc4)ccc3c2)c([2H])c1[2H]. The van der Waals surface area contributed by atoms with Crippen LogP contribution < -0.4 is 9.80 Å². The Morgan fingerprint density at radius 2 is 0.951 bits per heavy atom. The van der Waals surface area contributed by atoms with E-state index >= 15 is 0 Å². The molecule has 1 aliphatic carbocycles. The van der Waals surface area contributed by atoms with E-state index < -0.39 is 41.7 Å². The van der Waals surface area contributed by atoms with Gasteiger partial charge in [-0.2, -0.15) is 0 Å². The van der Waals surface area contributed by atoms with Crippen molar-refractivity contribution in [3.8, 4) is 33.4 Å². The molecule has 390 valence electrons. The largest absolute Gasteiger partial charge is 0.310 e. The molecule has 0 spiro atoms. The number of aromatic nitrogens is 1. The molecule has 0 aliphatic heterocycles. The zero-order chi connectivity index (χ0) is 63.7. The van der Waals surface area contributed by atoms with Crippen LogP contribution in [0.4, 0.5) is 34.1 Å². The number of anilines is 6. The molecule has 3 heteroatoms. The minimum absolute atomic E-state index is 0.0482. The van der Waals surface area contributed by atoms with Crippen LogP contribution in [0.1, 0.15) is 65.0 Å². The second-order valence-corrected chi connectivity index (χ2v) is 23.4. The van der Waals surface area contributed by atoms with E-state index in [-0.39, 0.29) is 41.0 Å². The summed E-state index contributed by atoms with van der Waals surface area (Å²) in [6, 6.07) is 67.5. The summed E-state index contributed by atoms with van der Waals surface area (Å²) >= 11 is 0. The van der Waals surface area contributed by atoms with Crippen molar-refractivity contribution in [3.63, 3.8) is 0 Å². The molecule has 0 atom stereocenters. The van der Waals surface area contributed by atoms with Gasteiger partial charge in [0.05, 0.1) is 35.9 Å². The van der Waals surface area contributed by atoms with Crippen molar-refractivity contribution in [1.82, 2.24) is 4.40 Å². The molecule has 1 aliphatic rings. The molecular formula is C79H59N3. The lowest BCUT2D eigenvalue weighted by molar-refractivity contribution is 0.591. The molecule has 0 amide bonds. The molecule has 2 aromatic heterocycles. The normalized spacial score (nSPS) is 14.7. The Bertz CT molecular complexity index is 5620. The highest BCUT2D eigenvalue weighted by Gasteiger charge is 2.38. The van der Waals surface area contributed by atoms with Gasteiger partial charge in [-0.15, -0.1) is 0 Å². The van der Waals surface area contributed by atoms with Gasteiger partial charge in [0.25, 0.3) is 0 Å². The first kappa shape index (κ1) is 38.6. The Labute approximate surface area is 492 Å². The fourth-order valence-electron chi connectivity index (χ4n) is 13.2. The van der Waals surface area contributed by atoms with Gasteiger partial charge in [-0.05, 0) is 191 Å². The summed E-state index contributed by atoms with van der Waals surface area (Å²) in [6.07, 6.45) is 0. The average Bonchev–Trinajstić information content (AvgIpc) is 1.53. The van der Waals surface area contributed by atoms with Crippen molar-refractivity contribution >= 4 is 105 Å². The Kier molecular flexibility index (Phi) is 8.49. The number of hydrogen-bond acceptors (Lipinski definition) is 2. The minimum atomic E-state index is -0.544. The standard InChI is InChI=1S/C79H59N3/c1-78(2,3)59-33-40-72-69(47-59)76-73(81(61-24-16-9-17-25-61)63-35-31-55-43-53(27-29-57(55)45-63)51-20-12-7-13-21-51)41-38-65-68-49-67-58(46-74(68)82(72)77(65)76)32-39-70-75(67)66-37-36-64(48-71(66)79(70,4)5)80(60-22-14-8-15-23-60)62-34-30-54-42-52(26-28-56(54)44-62)50-18-10-6-11-19-50/h6-49H,1-5H3/i8D,9D,14D,15D,16D,17D,22D,23D,24D,25D. The van der Waals surface area contributed by atoms with Crippen molar-refractivity contribution in [2.24, 2.45) is 0 Å². The molecular weight excluding hydrogens is 991 g/mol. The molecule has 0 fully saturated rings. The molecule has 15 aromatic rings. The lowest BCUT2D eigenvalue weighted by atomic mass is 9.82. The van der Waals surface area contributed by atoms with Crippen molar-refractivity contribution < 1.29 is 13.7 Å². The first-order valence-electron chi connectivity index (χ1n) is 33.0. The van der Waals surface area contributed by atoms with E-state index in [0.29, 0.717) is 22.7 Å². The van der Waals surface area contributed by atoms with Crippen LogP contribution in [0.5, 0.6) is 0 Å². The molecule has 2 heterocycles. The predicted molar refractivity (Wildman–Crippen MR) is 350 cm³/mol. The van der Waals surface area contributed by atoms with Gasteiger partial charge in [-0.3, -0.25) is 0 Å². The van der Waals surface area contributed by atoms with Crippen LogP contribution in [-0.2, 0) is 10.8 Å². The highest BCUT2D eigenvalue weighted by Crippen LogP contribution is 2.55. The van der Waals surface area contributed by atoms with Gasteiger partial charge in [-0.25, -0.2) is 0 Å². The van der Waals surface area contributed by atoms with Crippen LogP contribution in [0.25, 0.3) is 104 Å². The quantitative estimate of drug-likeness (QED) is 0.150. The number of fused-ring (bicyclic) bond motifs is 13. The van der Waals surface area contributed by atoms with Crippen LogP contribution in [0.2, 0.25) is 0 Å². The monoisotopic (exact) mass is 1060 g/mol. The van der Waals surface area contributed by atoms with Crippen LogP contribution >= 0.6 is 0 Å². The van der Waals surface area contributed by atoms with E-state index in [4.69, 9.17) is 8.22 Å². The van der Waals surface area contributed by atoms with E-state index in [2.05, 4.69) is 166 Å². The Hall–Kier alpha value is -9.96. The number of hydrogen-bond donors (Lipinski definition) is 0. The van der Waals surface area contributed by atoms with Gasteiger partial charge < -0.3 is 14.2 Å². The van der Waals surface area contributed by atoms with Crippen LogP contribution in [0.3, 0.4) is 0 Å². The van der Waals surface area contributed by atoms with Gasteiger partial charge in [0.1, 0.15) is 0 Å². The van der Waals surface area contributed by atoms with Gasteiger partial charge >= 0.3 is 0 Å². The smallest absolute Gasteiger partial charge is 0.0645 e. The van der Waals surface area contributed by atoms with Crippen LogP contribution in [0, 0.1) is 0 Å². The molecule has 3 nitrogen and oxygen atoms in total. The highest BCUT2D eigenvalue weighted by molar-refractivity contribution is 6.29. The lowest BCUT2D eigenvalue weighted by Gasteiger charge is -2.28. The zero-order valence-corrected chi connectivity index (χ0v) is 46.0. The van der Waals surface area contributed by atoms with Gasteiger partial charge in [0.2, 0.25) is 0 Å². The molecule has 0 saturated carbocycles. The Morgan fingerprint density at radius 1 is 0.390 bits per heavy atom. The third-order valence-corrected chi connectivity index (χ3v) is 17.3. The molecule has 82 heavy (non-hydrogen) atoms. The second-order valence-electron chi connectivity index (χ2n) is 23.4. The Balaban J connectivity index is 0.903. The van der Waals surface area contributed by atoms with Gasteiger partial charge in [0, 0.05) is 55.4 Å². The van der Waals surface area contributed by atoms with Crippen molar-refractivity contribution in [2.45, 2.75) is 45.4 Å². The molecule has 16 rings (SSSR count). The number of nitrogens with zero attached hydrogens (tertiary/aromatic N) is 3. The first-order valence-corrected chi connectivity index (χ1v) is 28.0. The average molecular weight is 1060 g/mol. The topological polar surface area (TPSA) is 10.9 Å². The lowest BCUT2D eigenvalue weighted by Crippen LogP contribution is -2.16. The van der Waals surface area contributed by atoms with Crippen molar-refractivity contribution in [1.29, 1.82) is 0 Å². The maximum atomic E-state index is 9.58. The zero-order valence-electron chi connectivity index (χ0n) is 56.0. The fourth-order valence-corrected chi connectivity index (χ4v) is 13.2. The number of rotatable bonds is 8. The fraction of sp³-hybridized carbons (Fsp3) is 0.0886. The van der Waals surface area contributed by atoms with E-state index in [1.54, 1.807) is 0 Å². The number of para-hydroxylation sites is 2. The van der Waals surface area contributed by atoms with Crippen molar-refractivity contribution in [2.75, 3.05) is 9.80 Å². The molecule has 0 saturated heterocycles. The summed E-state index contributed by atoms with van der Waals surface area (Å²) in [5, 5.41) is 9.82. The van der Waals surface area contributed by atoms with E-state index in [9.17, 15) is 5.48 Å². The Morgan fingerprint density at radius 3 is 1.59 bits per heavy atom. The maximum absolute atomic E-state index is 9.58. The minimum Gasteiger partial charge on any atom is -0.310 e. The van der Waals surface area contributed by atoms with E-state index in [1.165, 1.54) is 0 Å². The summed E-state index contributed by atoms with van der Waals surface area (Å²) < 4.78 is 93.2. The summed E-state index contributed by atoms with van der Waals surface area (Å²) in [5.74, 6) is 0. The summed E-state index contributed by atoms with van der Waals surface area (Å²) in [4.78, 5) is 3.69. The highest BCUT2D eigenvalue weighted by atomic mass is 15.2. The molecule has 0 radical (unpaired) electrons. The van der Waals surface area contributed by atoms with E-state index in [1.807, 2.05) is 88.7 Å². The van der Waals surface area contributed by atoms with Gasteiger partial charge in [-0.1, -0.05) is 198 Å². The molecule has 13 aromatic carbocycles. The molecule has 0 bridgehead atoms. The third-order valence-electron chi connectivity index (χ3n) is 17.3. The maximum Gasteiger partial charge on any atom is 0.0645 e. The second kappa shape index (κ2) is 18.0.